The summed E-state index contributed by atoms with van der Waals surface area (Å²) in [6, 6.07) is 6.42. The predicted molar refractivity (Wildman–Crippen MR) is 54.7 cm³/mol. The lowest BCUT2D eigenvalue weighted by Gasteiger charge is -2.00. The van der Waals surface area contributed by atoms with Crippen molar-refractivity contribution in [2.24, 2.45) is 0 Å². The van der Waals surface area contributed by atoms with Crippen LogP contribution in [0.25, 0.3) is 0 Å². The first-order valence-electron chi connectivity index (χ1n) is 4.70. The van der Waals surface area contributed by atoms with Crippen LogP contribution in [-0.4, -0.2) is 6.54 Å². The molecule has 0 saturated heterocycles. The highest BCUT2D eigenvalue weighted by Crippen LogP contribution is 2.24. The SMILES string of the molecule is CC.Cc1cccc2c1CCN2. The Hall–Kier alpha value is -0.980. The first kappa shape index (κ1) is 9.11. The minimum atomic E-state index is 1.11. The van der Waals surface area contributed by atoms with Crippen molar-refractivity contribution in [3.63, 3.8) is 0 Å². The molecule has 1 heterocycles. The third-order valence-corrected chi connectivity index (χ3v) is 2.10. The first-order chi connectivity index (χ1) is 5.88. The van der Waals surface area contributed by atoms with Gasteiger partial charge in [-0.05, 0) is 30.5 Å². The number of fused-ring (bicyclic) bond motifs is 1. The lowest BCUT2D eigenvalue weighted by atomic mass is 10.1. The van der Waals surface area contributed by atoms with Gasteiger partial charge in [-0.2, -0.15) is 0 Å². The van der Waals surface area contributed by atoms with Crippen molar-refractivity contribution in [2.45, 2.75) is 27.2 Å². The molecule has 1 heteroatoms. The molecule has 1 aliphatic rings. The third kappa shape index (κ3) is 1.60. The second-order valence-electron chi connectivity index (χ2n) is 2.78. The monoisotopic (exact) mass is 163 g/mol. The maximum Gasteiger partial charge on any atom is 0.0376 e. The largest absolute Gasteiger partial charge is 0.384 e. The molecule has 2 rings (SSSR count). The molecule has 0 fully saturated rings. The van der Waals surface area contributed by atoms with Gasteiger partial charge in [0.2, 0.25) is 0 Å². The number of aryl methyl sites for hydroxylation is 1. The fraction of sp³-hybridized carbons (Fsp3) is 0.455. The Kier molecular flexibility index (Phi) is 3.15. The maximum atomic E-state index is 3.34. The number of benzene rings is 1. The van der Waals surface area contributed by atoms with Gasteiger partial charge in [0.1, 0.15) is 0 Å². The molecule has 0 spiro atoms. The van der Waals surface area contributed by atoms with E-state index in [1.165, 1.54) is 23.2 Å². The van der Waals surface area contributed by atoms with Crippen LogP contribution in [0.3, 0.4) is 0 Å². The van der Waals surface area contributed by atoms with Crippen molar-refractivity contribution < 1.29 is 0 Å². The fourth-order valence-electron chi connectivity index (χ4n) is 1.52. The Morgan fingerprint density at radius 2 is 2.00 bits per heavy atom. The molecule has 1 nitrogen and oxygen atoms in total. The molecular weight excluding hydrogens is 146 g/mol. The molecular formula is C11H17N. The van der Waals surface area contributed by atoms with E-state index in [2.05, 4.69) is 30.4 Å². The molecule has 0 saturated carbocycles. The smallest absolute Gasteiger partial charge is 0.0376 e. The zero-order valence-corrected chi connectivity index (χ0v) is 8.15. The lowest BCUT2D eigenvalue weighted by molar-refractivity contribution is 1.09. The predicted octanol–water partition coefficient (Wildman–Crippen LogP) is 2.99. The van der Waals surface area contributed by atoms with Gasteiger partial charge in [-0.3, -0.25) is 0 Å². The highest BCUT2D eigenvalue weighted by atomic mass is 14.9. The van der Waals surface area contributed by atoms with E-state index >= 15 is 0 Å². The van der Waals surface area contributed by atoms with E-state index in [1.54, 1.807) is 0 Å². The minimum Gasteiger partial charge on any atom is -0.384 e. The number of hydrogen-bond donors (Lipinski definition) is 1. The molecule has 12 heavy (non-hydrogen) atoms. The van der Waals surface area contributed by atoms with Gasteiger partial charge >= 0.3 is 0 Å². The van der Waals surface area contributed by atoms with Crippen molar-refractivity contribution >= 4 is 5.69 Å². The summed E-state index contributed by atoms with van der Waals surface area (Å²) < 4.78 is 0. The van der Waals surface area contributed by atoms with E-state index in [-0.39, 0.29) is 0 Å². The van der Waals surface area contributed by atoms with Crippen molar-refractivity contribution in [3.8, 4) is 0 Å². The fourth-order valence-corrected chi connectivity index (χ4v) is 1.52. The quantitative estimate of drug-likeness (QED) is 0.620. The van der Waals surface area contributed by atoms with Crippen molar-refractivity contribution in [1.82, 2.24) is 0 Å². The van der Waals surface area contributed by atoms with Crippen LogP contribution in [0.5, 0.6) is 0 Å². The number of nitrogens with one attached hydrogen (secondary N) is 1. The molecule has 0 aliphatic carbocycles. The van der Waals surface area contributed by atoms with Crippen LogP contribution in [0.2, 0.25) is 0 Å². The summed E-state index contributed by atoms with van der Waals surface area (Å²) in [6.07, 6.45) is 1.20. The van der Waals surface area contributed by atoms with Gasteiger partial charge in [-0.25, -0.2) is 0 Å². The third-order valence-electron chi connectivity index (χ3n) is 2.10. The first-order valence-corrected chi connectivity index (χ1v) is 4.70. The van der Waals surface area contributed by atoms with Crippen LogP contribution in [0.4, 0.5) is 5.69 Å². The Balaban J connectivity index is 0.000000336. The second-order valence-corrected chi connectivity index (χ2v) is 2.78. The highest BCUT2D eigenvalue weighted by Gasteiger charge is 2.09. The molecule has 0 unspecified atom stereocenters. The summed E-state index contributed by atoms with van der Waals surface area (Å²) in [5, 5.41) is 3.34. The average Bonchev–Trinajstić information content (AvgIpc) is 2.57. The van der Waals surface area contributed by atoms with Crippen LogP contribution < -0.4 is 5.32 Å². The Bertz CT molecular complexity index is 253. The summed E-state index contributed by atoms with van der Waals surface area (Å²) in [5.41, 5.74) is 4.25. The van der Waals surface area contributed by atoms with Gasteiger partial charge in [0, 0.05) is 12.2 Å². The Morgan fingerprint density at radius 1 is 1.25 bits per heavy atom. The standard InChI is InChI=1S/C9H11N.C2H6/c1-7-3-2-4-9-8(7)5-6-10-9;1-2/h2-4,10H,5-6H2,1H3;1-2H3. The maximum absolute atomic E-state index is 3.34. The Morgan fingerprint density at radius 3 is 2.67 bits per heavy atom. The number of hydrogen-bond acceptors (Lipinski definition) is 1. The number of rotatable bonds is 0. The van der Waals surface area contributed by atoms with Gasteiger partial charge in [-0.1, -0.05) is 26.0 Å². The van der Waals surface area contributed by atoms with E-state index in [4.69, 9.17) is 0 Å². The van der Waals surface area contributed by atoms with Crippen LogP contribution in [0.1, 0.15) is 25.0 Å². The molecule has 0 amide bonds. The summed E-state index contributed by atoms with van der Waals surface area (Å²) >= 11 is 0. The Labute approximate surface area is 74.8 Å². The zero-order chi connectivity index (χ0) is 8.97. The molecule has 0 aromatic heterocycles. The summed E-state index contributed by atoms with van der Waals surface area (Å²) in [5.74, 6) is 0. The van der Waals surface area contributed by atoms with E-state index in [1.807, 2.05) is 13.8 Å². The van der Waals surface area contributed by atoms with Crippen LogP contribution >= 0.6 is 0 Å². The van der Waals surface area contributed by atoms with Gasteiger partial charge in [0.25, 0.3) is 0 Å². The summed E-state index contributed by atoms with van der Waals surface area (Å²) in [6.45, 7) is 7.28. The molecule has 0 bridgehead atoms. The topological polar surface area (TPSA) is 12.0 Å². The van der Waals surface area contributed by atoms with Gasteiger partial charge < -0.3 is 5.32 Å². The number of anilines is 1. The molecule has 1 aromatic carbocycles. The zero-order valence-electron chi connectivity index (χ0n) is 8.15. The average molecular weight is 163 g/mol. The van der Waals surface area contributed by atoms with Gasteiger partial charge in [-0.15, -0.1) is 0 Å². The summed E-state index contributed by atoms with van der Waals surface area (Å²) in [4.78, 5) is 0. The molecule has 1 N–H and O–H groups in total. The van der Waals surface area contributed by atoms with Gasteiger partial charge in [0.15, 0.2) is 0 Å². The van der Waals surface area contributed by atoms with Gasteiger partial charge in [0.05, 0.1) is 0 Å². The molecule has 1 aromatic rings. The van der Waals surface area contributed by atoms with Crippen molar-refractivity contribution in [2.75, 3.05) is 11.9 Å². The molecule has 0 atom stereocenters. The molecule has 1 aliphatic heterocycles. The van der Waals surface area contributed by atoms with Crippen molar-refractivity contribution in [3.05, 3.63) is 29.3 Å². The lowest BCUT2D eigenvalue weighted by Crippen LogP contribution is -1.90. The van der Waals surface area contributed by atoms with Crippen LogP contribution in [0, 0.1) is 6.92 Å². The van der Waals surface area contributed by atoms with Crippen LogP contribution in [-0.2, 0) is 6.42 Å². The van der Waals surface area contributed by atoms with Crippen LogP contribution in [0.15, 0.2) is 18.2 Å². The minimum absolute atomic E-state index is 1.11. The summed E-state index contributed by atoms with van der Waals surface area (Å²) in [7, 11) is 0. The molecule has 0 radical (unpaired) electrons. The highest BCUT2D eigenvalue weighted by molar-refractivity contribution is 5.58. The normalized spacial score (nSPS) is 12.6. The van der Waals surface area contributed by atoms with Crippen molar-refractivity contribution in [1.29, 1.82) is 0 Å². The second kappa shape index (κ2) is 4.15. The van der Waals surface area contributed by atoms with E-state index in [0.29, 0.717) is 0 Å². The molecule has 66 valence electrons. The van der Waals surface area contributed by atoms with E-state index < -0.39 is 0 Å². The van der Waals surface area contributed by atoms with E-state index in [0.717, 1.165) is 6.54 Å². The van der Waals surface area contributed by atoms with E-state index in [9.17, 15) is 0 Å².